The quantitative estimate of drug-likeness (QED) is 0.520. The van der Waals surface area contributed by atoms with E-state index >= 15 is 0 Å². The summed E-state index contributed by atoms with van der Waals surface area (Å²) in [5.41, 5.74) is 1.21. The van der Waals surface area contributed by atoms with Crippen molar-refractivity contribution >= 4 is 29.9 Å². The third-order valence-electron chi connectivity index (χ3n) is 8.24. The molecule has 2 saturated heterocycles. The molecule has 1 aromatic carbocycles. The molecule has 2 saturated carbocycles. The van der Waals surface area contributed by atoms with E-state index in [9.17, 15) is 9.59 Å². The first-order chi connectivity index (χ1) is 16.6. The molecule has 2 unspecified atom stereocenters. The number of para-hydroxylation sites is 2. The second-order valence-corrected chi connectivity index (χ2v) is 10.6. The molecular weight excluding hydrogens is 464 g/mol. The molecule has 35 heavy (non-hydrogen) atoms. The molecule has 1 N–H and O–H groups in total. The Hall–Kier alpha value is -1.83. The van der Waals surface area contributed by atoms with E-state index in [1.54, 1.807) is 0 Å². The Morgan fingerprint density at radius 1 is 0.914 bits per heavy atom. The molecule has 1 aromatic rings. The van der Waals surface area contributed by atoms with Gasteiger partial charge in [0.15, 0.2) is 0 Å². The van der Waals surface area contributed by atoms with Gasteiger partial charge in [0.1, 0.15) is 5.75 Å². The van der Waals surface area contributed by atoms with Gasteiger partial charge in [-0.2, -0.15) is 0 Å². The number of hydrogen-bond acceptors (Lipinski definition) is 6. The minimum absolute atomic E-state index is 0. The number of amides is 2. The summed E-state index contributed by atoms with van der Waals surface area (Å²) in [6.07, 6.45) is 9.54. The van der Waals surface area contributed by atoms with Gasteiger partial charge in [-0.05, 0) is 63.6 Å². The van der Waals surface area contributed by atoms with Gasteiger partial charge in [0.2, 0.25) is 11.8 Å². The Balaban J connectivity index is 0.00000289. The lowest BCUT2D eigenvalue weighted by Gasteiger charge is -2.37. The van der Waals surface area contributed by atoms with Crippen LogP contribution in [0.25, 0.3) is 0 Å². The summed E-state index contributed by atoms with van der Waals surface area (Å²) in [5.74, 6) is 0.745. The molecule has 0 aromatic heterocycles. The lowest BCUT2D eigenvalue weighted by atomic mass is 9.91. The molecule has 7 nitrogen and oxygen atoms in total. The third-order valence-corrected chi connectivity index (χ3v) is 8.24. The number of anilines is 1. The smallest absolute Gasteiger partial charge is 0.247 e. The Labute approximate surface area is 215 Å². The Bertz CT molecular complexity index is 866. The first-order valence-electron chi connectivity index (χ1n) is 13.4. The number of rotatable bonds is 9. The maximum atomic E-state index is 12.8. The fourth-order valence-corrected chi connectivity index (χ4v) is 5.81. The van der Waals surface area contributed by atoms with Crippen molar-refractivity contribution in [2.45, 2.75) is 76.5 Å². The summed E-state index contributed by atoms with van der Waals surface area (Å²) in [7, 11) is 0. The minimum Gasteiger partial charge on any atom is -0.488 e. The number of nitrogens with zero attached hydrogens (tertiary/aromatic N) is 3. The molecule has 4 fully saturated rings. The standard InChI is InChI=1S/C27H40N4O3.ClH/c1-20-25(28-21-8-6-9-21)27(33)31(26(20)32)15-7-14-29-16-18-30(19-17-29)23-12-4-5-13-24(23)34-22-10-2-3-11-22;/h4-5,12-13,20-22,25,28H,2-3,6-11,14-19H2,1H3;1H. The summed E-state index contributed by atoms with van der Waals surface area (Å²) in [6, 6.07) is 8.54. The number of carbonyl (C=O) groups is 2. The van der Waals surface area contributed by atoms with Crippen LogP contribution < -0.4 is 15.0 Å². The highest BCUT2D eigenvalue weighted by Crippen LogP contribution is 2.33. The van der Waals surface area contributed by atoms with Crippen LogP contribution in [-0.2, 0) is 9.59 Å². The average Bonchev–Trinajstić information content (AvgIpc) is 3.40. The van der Waals surface area contributed by atoms with Gasteiger partial charge < -0.3 is 15.0 Å². The van der Waals surface area contributed by atoms with Crippen molar-refractivity contribution < 1.29 is 14.3 Å². The summed E-state index contributed by atoms with van der Waals surface area (Å²) < 4.78 is 6.35. The van der Waals surface area contributed by atoms with Crippen molar-refractivity contribution in [3.8, 4) is 5.75 Å². The van der Waals surface area contributed by atoms with Gasteiger partial charge in [0.25, 0.3) is 0 Å². The summed E-state index contributed by atoms with van der Waals surface area (Å²) in [4.78, 5) is 31.9. The molecule has 8 heteroatoms. The van der Waals surface area contributed by atoms with Gasteiger partial charge in [0.05, 0.1) is 23.8 Å². The van der Waals surface area contributed by atoms with Gasteiger partial charge in [-0.3, -0.25) is 19.4 Å². The fraction of sp³-hybridized carbons (Fsp3) is 0.704. The van der Waals surface area contributed by atoms with Crippen LogP contribution in [0.3, 0.4) is 0 Å². The number of nitrogens with one attached hydrogen (secondary N) is 1. The molecule has 0 bridgehead atoms. The number of carbonyl (C=O) groups excluding carboxylic acids is 2. The Kier molecular flexibility index (Phi) is 8.95. The molecule has 2 amide bonds. The molecule has 2 aliphatic carbocycles. The highest BCUT2D eigenvalue weighted by Gasteiger charge is 2.45. The van der Waals surface area contributed by atoms with Crippen LogP contribution in [-0.4, -0.2) is 79.1 Å². The predicted molar refractivity (Wildman–Crippen MR) is 140 cm³/mol. The minimum atomic E-state index is -0.326. The number of ether oxygens (including phenoxy) is 1. The topological polar surface area (TPSA) is 65.1 Å². The van der Waals surface area contributed by atoms with E-state index in [-0.39, 0.29) is 36.2 Å². The van der Waals surface area contributed by atoms with E-state index in [4.69, 9.17) is 4.74 Å². The number of imide groups is 1. The Morgan fingerprint density at radius 2 is 1.63 bits per heavy atom. The summed E-state index contributed by atoms with van der Waals surface area (Å²) >= 11 is 0. The van der Waals surface area contributed by atoms with Gasteiger partial charge >= 0.3 is 0 Å². The van der Waals surface area contributed by atoms with Gasteiger partial charge in [-0.15, -0.1) is 12.4 Å². The molecule has 4 aliphatic rings. The van der Waals surface area contributed by atoms with Crippen LogP contribution in [0.5, 0.6) is 5.75 Å². The number of halogens is 1. The molecule has 2 aliphatic heterocycles. The molecule has 2 atom stereocenters. The molecule has 0 spiro atoms. The summed E-state index contributed by atoms with van der Waals surface area (Å²) in [5, 5.41) is 3.42. The van der Waals surface area contributed by atoms with Crippen LogP contribution in [0, 0.1) is 5.92 Å². The first-order valence-corrected chi connectivity index (χ1v) is 13.4. The van der Waals surface area contributed by atoms with Crippen LogP contribution in [0.1, 0.15) is 58.3 Å². The SMILES string of the molecule is CC1C(=O)N(CCCN2CCN(c3ccccc3OC3CCCC3)CC2)C(=O)C1NC1CCC1.Cl. The molecule has 194 valence electrons. The van der Waals surface area contributed by atoms with Crippen molar-refractivity contribution in [1.82, 2.24) is 15.1 Å². The summed E-state index contributed by atoms with van der Waals surface area (Å²) in [6.45, 7) is 7.26. The highest BCUT2D eigenvalue weighted by atomic mass is 35.5. The van der Waals surface area contributed by atoms with E-state index in [2.05, 4.69) is 39.4 Å². The largest absolute Gasteiger partial charge is 0.488 e. The van der Waals surface area contributed by atoms with Gasteiger partial charge in [-0.1, -0.05) is 25.5 Å². The molecular formula is C27H41ClN4O3. The molecule has 2 heterocycles. The van der Waals surface area contributed by atoms with E-state index < -0.39 is 0 Å². The Morgan fingerprint density at radius 3 is 2.31 bits per heavy atom. The van der Waals surface area contributed by atoms with Crippen LogP contribution in [0.4, 0.5) is 5.69 Å². The predicted octanol–water partition coefficient (Wildman–Crippen LogP) is 3.46. The van der Waals surface area contributed by atoms with Crippen molar-refractivity contribution in [3.05, 3.63) is 24.3 Å². The van der Waals surface area contributed by atoms with Crippen LogP contribution >= 0.6 is 12.4 Å². The lowest BCUT2D eigenvalue weighted by Crippen LogP contribution is -2.48. The number of piperazine rings is 1. The maximum Gasteiger partial charge on any atom is 0.247 e. The van der Waals surface area contributed by atoms with Crippen LogP contribution in [0.15, 0.2) is 24.3 Å². The lowest BCUT2D eigenvalue weighted by molar-refractivity contribution is -0.139. The zero-order valence-corrected chi connectivity index (χ0v) is 21.8. The first kappa shape index (κ1) is 26.2. The van der Waals surface area contributed by atoms with E-state index in [1.165, 1.54) is 42.7 Å². The van der Waals surface area contributed by atoms with Crippen molar-refractivity contribution in [2.24, 2.45) is 5.92 Å². The van der Waals surface area contributed by atoms with Crippen LogP contribution in [0.2, 0.25) is 0 Å². The van der Waals surface area contributed by atoms with E-state index in [1.807, 2.05) is 6.92 Å². The van der Waals surface area contributed by atoms with E-state index in [0.29, 0.717) is 18.7 Å². The van der Waals surface area contributed by atoms with Crippen molar-refractivity contribution in [3.63, 3.8) is 0 Å². The molecule has 0 radical (unpaired) electrons. The number of hydrogen-bond donors (Lipinski definition) is 1. The second-order valence-electron chi connectivity index (χ2n) is 10.6. The van der Waals surface area contributed by atoms with Crippen molar-refractivity contribution in [1.29, 1.82) is 0 Å². The van der Waals surface area contributed by atoms with E-state index in [0.717, 1.165) is 57.7 Å². The van der Waals surface area contributed by atoms with Crippen molar-refractivity contribution in [2.75, 3.05) is 44.2 Å². The third kappa shape index (κ3) is 5.95. The highest BCUT2D eigenvalue weighted by molar-refractivity contribution is 6.06. The number of likely N-dealkylation sites (tertiary alicyclic amines) is 1. The fourth-order valence-electron chi connectivity index (χ4n) is 5.81. The number of benzene rings is 1. The zero-order valence-electron chi connectivity index (χ0n) is 21.0. The average molecular weight is 505 g/mol. The maximum absolute atomic E-state index is 12.8. The monoisotopic (exact) mass is 504 g/mol. The van der Waals surface area contributed by atoms with Gasteiger partial charge in [-0.25, -0.2) is 0 Å². The second kappa shape index (κ2) is 11.9. The normalized spacial score (nSPS) is 26.2. The van der Waals surface area contributed by atoms with Gasteiger partial charge in [0, 0.05) is 38.8 Å². The zero-order chi connectivity index (χ0) is 23.5. The molecule has 5 rings (SSSR count).